The quantitative estimate of drug-likeness (QED) is 0.772. The van der Waals surface area contributed by atoms with E-state index in [0.29, 0.717) is 13.0 Å². The summed E-state index contributed by atoms with van der Waals surface area (Å²) in [6, 6.07) is 8.82. The van der Waals surface area contributed by atoms with Gasteiger partial charge in [-0.15, -0.1) is 0 Å². The monoisotopic (exact) mass is 348 g/mol. The summed E-state index contributed by atoms with van der Waals surface area (Å²) >= 11 is 0. The van der Waals surface area contributed by atoms with Gasteiger partial charge in [-0.3, -0.25) is 14.4 Å². The number of aliphatic carboxylic acids is 1. The van der Waals surface area contributed by atoms with E-state index in [0.717, 1.165) is 5.56 Å². The molecular weight excluding hydrogens is 324 g/mol. The first kappa shape index (κ1) is 18.9. The molecule has 2 N–H and O–H groups in total. The Balaban J connectivity index is 2.09. The maximum atomic E-state index is 12.7. The molecule has 1 aromatic rings. The largest absolute Gasteiger partial charge is 0.481 e. The third kappa shape index (κ3) is 4.57. The minimum absolute atomic E-state index is 0.0694. The van der Waals surface area contributed by atoms with E-state index in [1.54, 1.807) is 4.90 Å². The summed E-state index contributed by atoms with van der Waals surface area (Å²) in [7, 11) is 1.46. The van der Waals surface area contributed by atoms with Crippen molar-refractivity contribution in [3.05, 3.63) is 35.9 Å². The zero-order chi connectivity index (χ0) is 18.4. The first-order chi connectivity index (χ1) is 11.9. The first-order valence-electron chi connectivity index (χ1n) is 8.20. The zero-order valence-electron chi connectivity index (χ0n) is 14.5. The van der Waals surface area contributed by atoms with E-state index >= 15 is 0 Å². The molecule has 7 nitrogen and oxygen atoms in total. The van der Waals surface area contributed by atoms with Gasteiger partial charge < -0.3 is 20.1 Å². The Hall–Kier alpha value is -2.41. The summed E-state index contributed by atoms with van der Waals surface area (Å²) in [5.74, 6) is -1.35. The lowest BCUT2D eigenvalue weighted by Gasteiger charge is -2.25. The van der Waals surface area contributed by atoms with E-state index in [-0.39, 0.29) is 31.4 Å². The van der Waals surface area contributed by atoms with Crippen LogP contribution in [0.25, 0.3) is 0 Å². The molecule has 1 fully saturated rings. The average Bonchev–Trinajstić information content (AvgIpc) is 3.01. The zero-order valence-corrected chi connectivity index (χ0v) is 14.5. The molecule has 0 radical (unpaired) electrons. The molecule has 1 aromatic carbocycles. The Kier molecular flexibility index (Phi) is 6.14. The molecule has 2 atom stereocenters. The van der Waals surface area contributed by atoms with Crippen molar-refractivity contribution in [2.45, 2.75) is 25.8 Å². The van der Waals surface area contributed by atoms with Crippen LogP contribution < -0.4 is 5.32 Å². The lowest BCUT2D eigenvalue weighted by Crippen LogP contribution is -2.41. The molecule has 25 heavy (non-hydrogen) atoms. The number of hydrogen-bond donors (Lipinski definition) is 2. The van der Waals surface area contributed by atoms with E-state index in [2.05, 4.69) is 5.32 Å². The number of benzene rings is 1. The van der Waals surface area contributed by atoms with Gasteiger partial charge in [-0.2, -0.15) is 0 Å². The first-order valence-corrected chi connectivity index (χ1v) is 8.20. The molecule has 0 bridgehead atoms. The van der Waals surface area contributed by atoms with Crippen molar-refractivity contribution in [2.75, 3.05) is 26.8 Å². The van der Waals surface area contributed by atoms with Crippen LogP contribution in [0.5, 0.6) is 0 Å². The van der Waals surface area contributed by atoms with Crippen LogP contribution in [0.2, 0.25) is 0 Å². The second kappa shape index (κ2) is 8.11. The average molecular weight is 348 g/mol. The Morgan fingerprint density at radius 3 is 2.56 bits per heavy atom. The standard InChI is InChI=1S/C18H24N2O5/c1-13(21)19-15(14-6-4-3-5-7-14)10-16(22)20-9-8-18(11-20,12-25-2)17(23)24/h3-7,15H,8-12H2,1-2H3,(H,19,21)(H,23,24). The Morgan fingerprint density at radius 1 is 1.32 bits per heavy atom. The molecule has 1 saturated heterocycles. The van der Waals surface area contributed by atoms with E-state index in [1.807, 2.05) is 30.3 Å². The third-order valence-corrected chi connectivity index (χ3v) is 4.54. The molecule has 0 aromatic heterocycles. The van der Waals surface area contributed by atoms with Crippen molar-refractivity contribution >= 4 is 17.8 Å². The summed E-state index contributed by atoms with van der Waals surface area (Å²) in [6.07, 6.45) is 0.449. The number of likely N-dealkylation sites (tertiary alicyclic amines) is 1. The number of nitrogens with one attached hydrogen (secondary N) is 1. The van der Waals surface area contributed by atoms with Crippen molar-refractivity contribution in [3.8, 4) is 0 Å². The number of amides is 2. The lowest BCUT2D eigenvalue weighted by atomic mass is 9.88. The van der Waals surface area contributed by atoms with Crippen LogP contribution in [0, 0.1) is 5.41 Å². The number of hydrogen-bond acceptors (Lipinski definition) is 4. The summed E-state index contributed by atoms with van der Waals surface area (Å²) < 4.78 is 5.05. The minimum atomic E-state index is -1.05. The molecule has 2 unspecified atom stereocenters. The molecule has 136 valence electrons. The molecule has 2 rings (SSSR count). The van der Waals surface area contributed by atoms with Gasteiger partial charge in [0.25, 0.3) is 0 Å². The van der Waals surface area contributed by atoms with Gasteiger partial charge in [0.05, 0.1) is 19.1 Å². The maximum absolute atomic E-state index is 12.7. The number of carboxylic acids is 1. The predicted octanol–water partition coefficient (Wildman–Crippen LogP) is 1.20. The van der Waals surface area contributed by atoms with E-state index in [1.165, 1.54) is 14.0 Å². The normalized spacial score (nSPS) is 21.0. The molecule has 1 heterocycles. The van der Waals surface area contributed by atoms with Gasteiger partial charge in [0.1, 0.15) is 5.41 Å². The van der Waals surface area contributed by atoms with Gasteiger partial charge in [0.2, 0.25) is 11.8 Å². The van der Waals surface area contributed by atoms with Crippen LogP contribution in [0.15, 0.2) is 30.3 Å². The smallest absolute Gasteiger partial charge is 0.313 e. The summed E-state index contributed by atoms with van der Waals surface area (Å²) in [5.41, 5.74) is -0.215. The molecule has 0 saturated carbocycles. The maximum Gasteiger partial charge on any atom is 0.313 e. The fourth-order valence-corrected chi connectivity index (χ4v) is 3.20. The number of ether oxygens (including phenoxy) is 1. The summed E-state index contributed by atoms with van der Waals surface area (Å²) in [5, 5.41) is 12.3. The number of carbonyl (C=O) groups is 3. The molecular formula is C18H24N2O5. The number of nitrogens with zero attached hydrogens (tertiary/aromatic N) is 1. The Bertz CT molecular complexity index is 634. The van der Waals surface area contributed by atoms with Crippen molar-refractivity contribution in [3.63, 3.8) is 0 Å². The second-order valence-electron chi connectivity index (χ2n) is 6.45. The van der Waals surface area contributed by atoms with Gasteiger partial charge >= 0.3 is 5.97 Å². The van der Waals surface area contributed by atoms with Crippen LogP contribution in [0.1, 0.15) is 31.4 Å². The molecule has 1 aliphatic rings. The topological polar surface area (TPSA) is 95.9 Å². The highest BCUT2D eigenvalue weighted by atomic mass is 16.5. The number of carboxylic acid groups (broad SMARTS) is 1. The number of rotatable bonds is 7. The van der Waals surface area contributed by atoms with Crippen LogP contribution in [0.4, 0.5) is 0 Å². The predicted molar refractivity (Wildman–Crippen MR) is 90.8 cm³/mol. The summed E-state index contributed by atoms with van der Waals surface area (Å²) in [6.45, 7) is 1.97. The van der Waals surface area contributed by atoms with Gasteiger partial charge in [-0.25, -0.2) is 0 Å². The Morgan fingerprint density at radius 2 is 2.00 bits per heavy atom. The highest BCUT2D eigenvalue weighted by Crippen LogP contribution is 2.32. The van der Waals surface area contributed by atoms with Crippen LogP contribution in [0.3, 0.4) is 0 Å². The van der Waals surface area contributed by atoms with Crippen molar-refractivity contribution < 1.29 is 24.2 Å². The van der Waals surface area contributed by atoms with Gasteiger partial charge in [0, 0.05) is 27.1 Å². The summed E-state index contributed by atoms with van der Waals surface area (Å²) in [4.78, 5) is 37.3. The van der Waals surface area contributed by atoms with Crippen LogP contribution >= 0.6 is 0 Å². The molecule has 0 aliphatic carbocycles. The SMILES string of the molecule is COCC1(C(=O)O)CCN(C(=O)CC(NC(C)=O)c2ccccc2)C1. The number of methoxy groups -OCH3 is 1. The van der Waals surface area contributed by atoms with Gasteiger partial charge in [0.15, 0.2) is 0 Å². The minimum Gasteiger partial charge on any atom is -0.481 e. The van der Waals surface area contributed by atoms with Crippen molar-refractivity contribution in [1.82, 2.24) is 10.2 Å². The lowest BCUT2D eigenvalue weighted by molar-refractivity contribution is -0.151. The van der Waals surface area contributed by atoms with Gasteiger partial charge in [-0.1, -0.05) is 30.3 Å². The van der Waals surface area contributed by atoms with Crippen LogP contribution in [-0.2, 0) is 19.1 Å². The molecule has 7 heteroatoms. The van der Waals surface area contributed by atoms with Crippen molar-refractivity contribution in [1.29, 1.82) is 0 Å². The highest BCUT2D eigenvalue weighted by Gasteiger charge is 2.46. The van der Waals surface area contributed by atoms with E-state index in [9.17, 15) is 19.5 Å². The number of carbonyl (C=O) groups excluding carboxylic acids is 2. The molecule has 0 spiro atoms. The van der Waals surface area contributed by atoms with Crippen LogP contribution in [-0.4, -0.2) is 54.6 Å². The fourth-order valence-electron chi connectivity index (χ4n) is 3.20. The molecule has 1 aliphatic heterocycles. The van der Waals surface area contributed by atoms with Crippen molar-refractivity contribution in [2.24, 2.45) is 5.41 Å². The van der Waals surface area contributed by atoms with E-state index in [4.69, 9.17) is 4.74 Å². The Labute approximate surface area is 147 Å². The third-order valence-electron chi connectivity index (χ3n) is 4.54. The highest BCUT2D eigenvalue weighted by molar-refractivity contribution is 5.82. The fraction of sp³-hybridized carbons (Fsp3) is 0.500. The van der Waals surface area contributed by atoms with E-state index < -0.39 is 17.4 Å². The van der Waals surface area contributed by atoms with Gasteiger partial charge in [-0.05, 0) is 12.0 Å². The molecule has 2 amide bonds. The second-order valence-corrected chi connectivity index (χ2v) is 6.45.